The van der Waals surface area contributed by atoms with Crippen LogP contribution in [0.4, 0.5) is 0 Å². The number of pyridine rings is 1. The third-order valence-corrected chi connectivity index (χ3v) is 4.98. The molecule has 0 spiro atoms. The van der Waals surface area contributed by atoms with E-state index in [0.717, 1.165) is 16.9 Å². The summed E-state index contributed by atoms with van der Waals surface area (Å²) in [6, 6.07) is 3.50. The van der Waals surface area contributed by atoms with Crippen LogP contribution in [0.25, 0.3) is 12.2 Å². The number of halogens is 1. The van der Waals surface area contributed by atoms with Gasteiger partial charge >= 0.3 is 5.76 Å². The van der Waals surface area contributed by atoms with E-state index in [2.05, 4.69) is 10.1 Å². The molecule has 158 valence electrons. The van der Waals surface area contributed by atoms with Crippen LogP contribution in [0.1, 0.15) is 28.3 Å². The van der Waals surface area contributed by atoms with Gasteiger partial charge in [0.25, 0.3) is 0 Å². The van der Waals surface area contributed by atoms with Gasteiger partial charge in [0.2, 0.25) is 5.89 Å². The van der Waals surface area contributed by atoms with Gasteiger partial charge in [-0.15, -0.1) is 5.10 Å². The van der Waals surface area contributed by atoms with Crippen molar-refractivity contribution in [2.45, 2.75) is 20.4 Å². The Morgan fingerprint density at radius 1 is 1.10 bits per heavy atom. The Hall–Kier alpha value is -3.26. The molecule has 3 aromatic rings. The quantitative estimate of drug-likeness (QED) is 0.562. The maximum atomic E-state index is 12.2. The summed E-state index contributed by atoms with van der Waals surface area (Å²) in [5.41, 5.74) is 3.10. The molecule has 0 aliphatic carbocycles. The maximum absolute atomic E-state index is 12.2. The van der Waals surface area contributed by atoms with E-state index in [1.807, 2.05) is 13.8 Å². The lowest BCUT2D eigenvalue weighted by Gasteiger charge is -2.11. The molecule has 0 aliphatic heterocycles. The second kappa shape index (κ2) is 9.04. The van der Waals surface area contributed by atoms with Crippen LogP contribution < -0.4 is 20.0 Å². The topological polar surface area (TPSA) is 88.6 Å². The molecule has 3 rings (SSSR count). The number of nitrogens with zero attached hydrogens (tertiary/aromatic N) is 3. The predicted molar refractivity (Wildman–Crippen MR) is 114 cm³/mol. The molecular formula is C21H22ClN3O5. The molecule has 1 aromatic carbocycles. The second-order valence-electron chi connectivity index (χ2n) is 6.45. The fourth-order valence-corrected chi connectivity index (χ4v) is 3.35. The van der Waals surface area contributed by atoms with Crippen LogP contribution in [-0.2, 0) is 6.54 Å². The third kappa shape index (κ3) is 4.18. The molecule has 0 unspecified atom stereocenters. The maximum Gasteiger partial charge on any atom is 0.437 e. The summed E-state index contributed by atoms with van der Waals surface area (Å²) in [5, 5.41) is 4.59. The lowest BCUT2D eigenvalue weighted by atomic mass is 10.1. The smallest absolute Gasteiger partial charge is 0.437 e. The van der Waals surface area contributed by atoms with Gasteiger partial charge in [-0.1, -0.05) is 11.6 Å². The molecule has 9 heteroatoms. The van der Waals surface area contributed by atoms with Crippen LogP contribution in [0, 0.1) is 13.8 Å². The van der Waals surface area contributed by atoms with Crippen molar-refractivity contribution in [2.75, 3.05) is 21.3 Å². The molecule has 0 fully saturated rings. The van der Waals surface area contributed by atoms with E-state index in [4.69, 9.17) is 30.2 Å². The van der Waals surface area contributed by atoms with Gasteiger partial charge in [0, 0.05) is 23.4 Å². The van der Waals surface area contributed by atoms with Crippen LogP contribution in [0.3, 0.4) is 0 Å². The summed E-state index contributed by atoms with van der Waals surface area (Å²) in [6.07, 6.45) is 4.94. The number of ether oxygens (including phenoxy) is 3. The van der Waals surface area contributed by atoms with Crippen molar-refractivity contribution in [1.29, 1.82) is 0 Å². The molecule has 0 bridgehead atoms. The fourth-order valence-electron chi connectivity index (χ4n) is 3.06. The summed E-state index contributed by atoms with van der Waals surface area (Å²) < 4.78 is 22.3. The standard InChI is InChI=1S/C21H22ClN3O5/c1-12-10-23-15(13(2)19(12)28-4)11-25-21(26)30-17(24-25)9-7-14-6-8-16(27-3)20(29-5)18(14)22/h6-10H,11H2,1-5H3. The SMILES string of the molecule is COc1ccc(C=Cc2nn(Cc3ncc(C)c(OC)c3C)c(=O)o2)c(Cl)c1OC. The van der Waals surface area contributed by atoms with Crippen LogP contribution in [0.15, 0.2) is 27.5 Å². The number of methoxy groups -OCH3 is 3. The first-order valence-electron chi connectivity index (χ1n) is 9.05. The number of hydrogen-bond acceptors (Lipinski definition) is 7. The summed E-state index contributed by atoms with van der Waals surface area (Å²) in [5.74, 6) is 1.23. The minimum Gasteiger partial charge on any atom is -0.496 e. The molecule has 0 atom stereocenters. The molecule has 0 saturated carbocycles. The third-order valence-electron chi connectivity index (χ3n) is 4.59. The highest BCUT2D eigenvalue weighted by atomic mass is 35.5. The molecule has 2 heterocycles. The zero-order valence-corrected chi connectivity index (χ0v) is 18.1. The fraction of sp³-hybridized carbons (Fsp3) is 0.286. The number of aromatic nitrogens is 3. The Balaban J connectivity index is 1.87. The molecule has 0 amide bonds. The van der Waals surface area contributed by atoms with Gasteiger partial charge < -0.3 is 18.6 Å². The molecular weight excluding hydrogens is 410 g/mol. The van der Waals surface area contributed by atoms with Gasteiger partial charge in [0.15, 0.2) is 11.5 Å². The molecule has 0 saturated heterocycles. The molecule has 8 nitrogen and oxygen atoms in total. The summed E-state index contributed by atoms with van der Waals surface area (Å²) in [7, 11) is 4.64. The average molecular weight is 432 g/mol. The highest BCUT2D eigenvalue weighted by Gasteiger charge is 2.14. The Bertz CT molecular complexity index is 1150. The van der Waals surface area contributed by atoms with Gasteiger partial charge in [-0.2, -0.15) is 4.68 Å². The van der Waals surface area contributed by atoms with Gasteiger partial charge in [-0.05, 0) is 37.6 Å². The summed E-state index contributed by atoms with van der Waals surface area (Å²) >= 11 is 6.37. The first-order valence-corrected chi connectivity index (χ1v) is 9.43. The van der Waals surface area contributed by atoms with Gasteiger partial charge in [0.1, 0.15) is 5.75 Å². The van der Waals surface area contributed by atoms with Gasteiger partial charge in [-0.3, -0.25) is 4.98 Å². The van der Waals surface area contributed by atoms with Crippen LogP contribution >= 0.6 is 11.6 Å². The molecule has 0 radical (unpaired) electrons. The summed E-state index contributed by atoms with van der Waals surface area (Å²) in [4.78, 5) is 16.6. The monoisotopic (exact) mass is 431 g/mol. The second-order valence-corrected chi connectivity index (χ2v) is 6.83. The minimum atomic E-state index is -0.589. The van der Waals surface area contributed by atoms with Gasteiger partial charge in [0.05, 0.1) is 38.6 Å². The lowest BCUT2D eigenvalue weighted by Crippen LogP contribution is -2.18. The number of benzene rings is 1. The molecule has 0 N–H and O–H groups in total. The number of hydrogen-bond donors (Lipinski definition) is 0. The average Bonchev–Trinajstić information content (AvgIpc) is 3.08. The van der Waals surface area contributed by atoms with Crippen LogP contribution in [-0.4, -0.2) is 36.1 Å². The van der Waals surface area contributed by atoms with Crippen molar-refractivity contribution in [2.24, 2.45) is 0 Å². The normalized spacial score (nSPS) is 11.1. The van der Waals surface area contributed by atoms with E-state index in [1.165, 1.54) is 18.9 Å². The first-order chi connectivity index (χ1) is 14.4. The highest BCUT2D eigenvalue weighted by molar-refractivity contribution is 6.33. The van der Waals surface area contributed by atoms with Crippen molar-refractivity contribution in [1.82, 2.24) is 14.8 Å². The molecule has 0 aliphatic rings. The minimum absolute atomic E-state index is 0.141. The Morgan fingerprint density at radius 2 is 1.83 bits per heavy atom. The van der Waals surface area contributed by atoms with E-state index < -0.39 is 5.76 Å². The lowest BCUT2D eigenvalue weighted by molar-refractivity contribution is 0.355. The van der Waals surface area contributed by atoms with Crippen LogP contribution in [0.2, 0.25) is 5.02 Å². The van der Waals surface area contributed by atoms with Crippen molar-refractivity contribution in [3.05, 3.63) is 62.2 Å². The molecule has 30 heavy (non-hydrogen) atoms. The number of aryl methyl sites for hydroxylation is 1. The predicted octanol–water partition coefficient (Wildman–Crippen LogP) is 3.75. The first kappa shape index (κ1) is 21.4. The Labute approximate surface area is 178 Å². The highest BCUT2D eigenvalue weighted by Crippen LogP contribution is 2.37. The zero-order chi connectivity index (χ0) is 21.8. The van der Waals surface area contributed by atoms with Crippen molar-refractivity contribution in [3.8, 4) is 17.2 Å². The van der Waals surface area contributed by atoms with Gasteiger partial charge in [-0.25, -0.2) is 4.79 Å². The van der Waals surface area contributed by atoms with Crippen molar-refractivity contribution >= 4 is 23.8 Å². The van der Waals surface area contributed by atoms with E-state index in [-0.39, 0.29) is 12.4 Å². The Morgan fingerprint density at radius 3 is 2.50 bits per heavy atom. The van der Waals surface area contributed by atoms with Crippen molar-refractivity contribution in [3.63, 3.8) is 0 Å². The van der Waals surface area contributed by atoms with E-state index in [9.17, 15) is 4.79 Å². The van der Waals surface area contributed by atoms with Crippen LogP contribution in [0.5, 0.6) is 17.2 Å². The Kier molecular flexibility index (Phi) is 6.47. The zero-order valence-electron chi connectivity index (χ0n) is 17.4. The number of rotatable bonds is 7. The largest absolute Gasteiger partial charge is 0.496 e. The van der Waals surface area contributed by atoms with Crippen molar-refractivity contribution < 1.29 is 18.6 Å². The summed E-state index contributed by atoms with van der Waals surface area (Å²) in [6.45, 7) is 3.96. The van der Waals surface area contributed by atoms with E-state index in [0.29, 0.717) is 27.8 Å². The van der Waals surface area contributed by atoms with E-state index >= 15 is 0 Å². The molecule has 2 aromatic heterocycles. The van der Waals surface area contributed by atoms with E-state index in [1.54, 1.807) is 37.6 Å².